The maximum Gasteiger partial charge on any atom is 0.0346 e. The molecule has 2 aromatic rings. The largest absolute Gasteiger partial charge is 0.0943 e. The summed E-state index contributed by atoms with van der Waals surface area (Å²) >= 11 is 0. The van der Waals surface area contributed by atoms with Crippen molar-refractivity contribution in [2.45, 2.75) is 5.92 Å². The molecule has 1 unspecified atom stereocenters. The van der Waals surface area contributed by atoms with Gasteiger partial charge in [-0.1, -0.05) is 61.2 Å². The van der Waals surface area contributed by atoms with Crippen molar-refractivity contribution in [1.82, 2.24) is 0 Å². The molecule has 0 heteroatoms. The van der Waals surface area contributed by atoms with E-state index in [1.807, 2.05) is 0 Å². The fourth-order valence-electron chi connectivity index (χ4n) is 2.33. The molecule has 0 spiro atoms. The minimum atomic E-state index is 0.419. The van der Waals surface area contributed by atoms with Crippen LogP contribution >= 0.6 is 0 Å². The van der Waals surface area contributed by atoms with Crippen LogP contribution in [0.4, 0.5) is 0 Å². The van der Waals surface area contributed by atoms with Gasteiger partial charge in [0, 0.05) is 5.92 Å². The van der Waals surface area contributed by atoms with Gasteiger partial charge in [0.1, 0.15) is 0 Å². The van der Waals surface area contributed by atoms with Crippen molar-refractivity contribution >= 4 is 5.57 Å². The Morgan fingerprint density at radius 2 is 1.47 bits per heavy atom. The maximum absolute atomic E-state index is 4.16. The molecule has 0 fully saturated rings. The van der Waals surface area contributed by atoms with Crippen LogP contribution in [0, 0.1) is 0 Å². The molecule has 0 saturated heterocycles. The second kappa shape index (κ2) is 3.09. The van der Waals surface area contributed by atoms with Crippen molar-refractivity contribution in [2.75, 3.05) is 0 Å². The van der Waals surface area contributed by atoms with Crippen LogP contribution in [-0.4, -0.2) is 0 Å². The van der Waals surface area contributed by atoms with Crippen LogP contribution < -0.4 is 0 Å². The lowest BCUT2D eigenvalue weighted by atomic mass is 9.70. The van der Waals surface area contributed by atoms with Gasteiger partial charge in [0.25, 0.3) is 0 Å². The highest BCUT2D eigenvalue weighted by atomic mass is 14.3. The highest BCUT2D eigenvalue weighted by Gasteiger charge is 2.30. The standard InChI is InChI=1S/C15H12/c1-11-13-9-5-6-10-14(13)15(11)12-7-3-2-4-8-12/h2-10,15H,1H2. The minimum Gasteiger partial charge on any atom is -0.0943 e. The second-order valence-electron chi connectivity index (χ2n) is 3.96. The first-order valence-electron chi connectivity index (χ1n) is 5.21. The summed E-state index contributed by atoms with van der Waals surface area (Å²) in [5.41, 5.74) is 5.33. The van der Waals surface area contributed by atoms with Gasteiger partial charge in [-0.25, -0.2) is 0 Å². The Bertz CT molecular complexity index is 509. The number of fused-ring (bicyclic) bond motifs is 1. The number of hydrogen-bond acceptors (Lipinski definition) is 0. The first kappa shape index (κ1) is 8.49. The van der Waals surface area contributed by atoms with E-state index in [1.165, 1.54) is 22.3 Å². The Labute approximate surface area is 89.9 Å². The van der Waals surface area contributed by atoms with Crippen LogP contribution in [0.5, 0.6) is 0 Å². The number of rotatable bonds is 1. The fourth-order valence-corrected chi connectivity index (χ4v) is 2.33. The molecule has 15 heavy (non-hydrogen) atoms. The van der Waals surface area contributed by atoms with E-state index < -0.39 is 0 Å². The predicted molar refractivity (Wildman–Crippen MR) is 63.8 cm³/mol. The van der Waals surface area contributed by atoms with E-state index in [9.17, 15) is 0 Å². The molecule has 1 aliphatic rings. The van der Waals surface area contributed by atoms with Gasteiger partial charge in [0.05, 0.1) is 0 Å². The molecule has 0 radical (unpaired) electrons. The lowest BCUT2D eigenvalue weighted by Crippen LogP contribution is -2.15. The molecule has 0 aromatic heterocycles. The maximum atomic E-state index is 4.16. The normalized spacial score (nSPS) is 18.1. The summed E-state index contributed by atoms with van der Waals surface area (Å²) in [7, 11) is 0. The Morgan fingerprint density at radius 1 is 0.800 bits per heavy atom. The summed E-state index contributed by atoms with van der Waals surface area (Å²) in [4.78, 5) is 0. The van der Waals surface area contributed by atoms with Gasteiger partial charge in [-0.3, -0.25) is 0 Å². The molecule has 0 nitrogen and oxygen atoms in total. The third-order valence-corrected chi connectivity index (χ3v) is 3.10. The van der Waals surface area contributed by atoms with E-state index in [4.69, 9.17) is 0 Å². The molecule has 0 saturated carbocycles. The molecule has 0 heterocycles. The van der Waals surface area contributed by atoms with Crippen LogP contribution in [0.15, 0.2) is 61.2 Å². The smallest absolute Gasteiger partial charge is 0.0346 e. The Kier molecular flexibility index (Phi) is 1.75. The van der Waals surface area contributed by atoms with E-state index in [1.54, 1.807) is 0 Å². The number of hydrogen-bond donors (Lipinski definition) is 0. The molecule has 1 aliphatic carbocycles. The van der Waals surface area contributed by atoms with Crippen molar-refractivity contribution in [3.63, 3.8) is 0 Å². The first-order valence-corrected chi connectivity index (χ1v) is 5.21. The molecule has 0 amide bonds. The summed E-state index contributed by atoms with van der Waals surface area (Å²) in [5.74, 6) is 0.419. The molecule has 72 valence electrons. The Balaban J connectivity index is 2.10. The molecular formula is C15H12. The van der Waals surface area contributed by atoms with E-state index >= 15 is 0 Å². The first-order chi connectivity index (χ1) is 7.38. The quantitative estimate of drug-likeness (QED) is 0.644. The third-order valence-electron chi connectivity index (χ3n) is 3.10. The molecule has 1 atom stereocenters. The highest BCUT2D eigenvalue weighted by Crippen LogP contribution is 2.48. The lowest BCUT2D eigenvalue weighted by molar-refractivity contribution is 0.973. The summed E-state index contributed by atoms with van der Waals surface area (Å²) in [6.45, 7) is 4.16. The lowest BCUT2D eigenvalue weighted by Gasteiger charge is -2.33. The van der Waals surface area contributed by atoms with E-state index in [2.05, 4.69) is 61.2 Å². The minimum absolute atomic E-state index is 0.419. The molecule has 3 rings (SSSR count). The van der Waals surface area contributed by atoms with E-state index in [0.717, 1.165) is 0 Å². The Morgan fingerprint density at radius 3 is 2.27 bits per heavy atom. The van der Waals surface area contributed by atoms with Crippen LogP contribution in [0.25, 0.3) is 5.57 Å². The number of allylic oxidation sites excluding steroid dienone is 1. The average molecular weight is 192 g/mol. The second-order valence-corrected chi connectivity index (χ2v) is 3.96. The van der Waals surface area contributed by atoms with Gasteiger partial charge in [0.2, 0.25) is 0 Å². The van der Waals surface area contributed by atoms with Crippen molar-refractivity contribution < 1.29 is 0 Å². The van der Waals surface area contributed by atoms with Gasteiger partial charge in [-0.05, 0) is 22.3 Å². The zero-order valence-electron chi connectivity index (χ0n) is 8.48. The zero-order chi connectivity index (χ0) is 10.3. The van der Waals surface area contributed by atoms with E-state index in [-0.39, 0.29) is 0 Å². The van der Waals surface area contributed by atoms with Crippen molar-refractivity contribution in [1.29, 1.82) is 0 Å². The summed E-state index contributed by atoms with van der Waals surface area (Å²) in [5, 5.41) is 0. The topological polar surface area (TPSA) is 0 Å². The zero-order valence-corrected chi connectivity index (χ0v) is 8.48. The van der Waals surface area contributed by atoms with Gasteiger partial charge in [-0.15, -0.1) is 0 Å². The van der Waals surface area contributed by atoms with Crippen molar-refractivity contribution in [2.24, 2.45) is 0 Å². The molecular weight excluding hydrogens is 180 g/mol. The van der Waals surface area contributed by atoms with Crippen LogP contribution in [0.2, 0.25) is 0 Å². The fraction of sp³-hybridized carbons (Fsp3) is 0.0667. The number of benzene rings is 2. The molecule has 0 aliphatic heterocycles. The monoisotopic (exact) mass is 192 g/mol. The van der Waals surface area contributed by atoms with Gasteiger partial charge >= 0.3 is 0 Å². The third kappa shape index (κ3) is 1.15. The molecule has 0 N–H and O–H groups in total. The molecule has 0 bridgehead atoms. The predicted octanol–water partition coefficient (Wildman–Crippen LogP) is 3.85. The molecule has 2 aromatic carbocycles. The van der Waals surface area contributed by atoms with Gasteiger partial charge < -0.3 is 0 Å². The van der Waals surface area contributed by atoms with Gasteiger partial charge in [-0.2, -0.15) is 0 Å². The highest BCUT2D eigenvalue weighted by molar-refractivity contribution is 5.85. The summed E-state index contributed by atoms with van der Waals surface area (Å²) < 4.78 is 0. The van der Waals surface area contributed by atoms with Crippen molar-refractivity contribution in [3.05, 3.63) is 77.9 Å². The average Bonchev–Trinajstić information content (AvgIpc) is 2.30. The SMILES string of the molecule is C=C1c2ccccc2C1c1ccccc1. The van der Waals surface area contributed by atoms with Gasteiger partial charge in [0.15, 0.2) is 0 Å². The summed E-state index contributed by atoms with van der Waals surface area (Å²) in [6, 6.07) is 19.1. The Hall–Kier alpha value is -1.82. The van der Waals surface area contributed by atoms with Crippen molar-refractivity contribution in [3.8, 4) is 0 Å². The summed E-state index contributed by atoms with van der Waals surface area (Å²) in [6.07, 6.45) is 0. The van der Waals surface area contributed by atoms with Crippen LogP contribution in [0.1, 0.15) is 22.6 Å². The van der Waals surface area contributed by atoms with Crippen LogP contribution in [0.3, 0.4) is 0 Å². The van der Waals surface area contributed by atoms with E-state index in [0.29, 0.717) is 5.92 Å². The van der Waals surface area contributed by atoms with Crippen LogP contribution in [-0.2, 0) is 0 Å².